The van der Waals surface area contributed by atoms with Crippen LogP contribution in [0.25, 0.3) is 0 Å². The third-order valence-electron chi connectivity index (χ3n) is 4.52. The van der Waals surface area contributed by atoms with E-state index in [9.17, 15) is 4.21 Å². The molecule has 0 saturated heterocycles. The van der Waals surface area contributed by atoms with Crippen LogP contribution >= 0.6 is 0 Å². The van der Waals surface area contributed by atoms with E-state index in [4.69, 9.17) is 14.2 Å². The minimum atomic E-state index is -1.03. The van der Waals surface area contributed by atoms with Crippen LogP contribution in [0.1, 0.15) is 45.4 Å². The van der Waals surface area contributed by atoms with Gasteiger partial charge in [0.2, 0.25) is 0 Å². The first kappa shape index (κ1) is 19.6. The highest BCUT2D eigenvalue weighted by Crippen LogP contribution is 2.50. The van der Waals surface area contributed by atoms with Crippen LogP contribution < -0.4 is 0 Å². The number of hydrogen-bond donors (Lipinski definition) is 0. The molecule has 1 unspecified atom stereocenters. The molecule has 4 nitrogen and oxygen atoms in total. The standard InChI is InChI=1S/C19H30O4S/c1-3-4-5-9-12-19(24(20)17-10-7-6-8-11-17)15-18(19)23-16-22-14-13-21-2/h6-8,10-11,18H,3-5,9,12-16H2,1-2H3/t18-,19-,24?/m1/s1. The molecule has 1 saturated carbocycles. The third kappa shape index (κ3) is 5.38. The Morgan fingerprint density at radius 1 is 1.17 bits per heavy atom. The zero-order valence-corrected chi connectivity index (χ0v) is 15.7. The van der Waals surface area contributed by atoms with Crippen molar-refractivity contribution in [3.8, 4) is 0 Å². The average molecular weight is 355 g/mol. The molecule has 1 fully saturated rings. The molecule has 24 heavy (non-hydrogen) atoms. The van der Waals surface area contributed by atoms with Gasteiger partial charge in [-0.3, -0.25) is 4.21 Å². The maximum atomic E-state index is 13.1. The van der Waals surface area contributed by atoms with E-state index in [2.05, 4.69) is 6.92 Å². The summed E-state index contributed by atoms with van der Waals surface area (Å²) in [6.07, 6.45) is 6.59. The molecule has 0 bridgehead atoms. The SMILES string of the molecule is CCCCCC[C@@]1(S(=O)c2ccccc2)C[C@H]1OCOCCOC. The maximum absolute atomic E-state index is 13.1. The molecule has 1 aliphatic carbocycles. The Morgan fingerprint density at radius 3 is 2.67 bits per heavy atom. The normalized spacial score (nSPS) is 24.0. The molecule has 0 heterocycles. The highest BCUT2D eigenvalue weighted by atomic mass is 32.2. The summed E-state index contributed by atoms with van der Waals surface area (Å²) in [5, 5.41) is 0. The fourth-order valence-corrected chi connectivity index (χ4v) is 4.79. The number of ether oxygens (including phenoxy) is 3. The molecule has 0 aromatic heterocycles. The molecular formula is C19H30O4S. The average Bonchev–Trinajstić information content (AvgIpc) is 3.33. The van der Waals surface area contributed by atoms with Crippen LogP contribution in [-0.2, 0) is 25.0 Å². The van der Waals surface area contributed by atoms with Gasteiger partial charge < -0.3 is 14.2 Å². The monoisotopic (exact) mass is 354 g/mol. The second kappa shape index (κ2) is 10.3. The molecule has 0 aliphatic heterocycles. The topological polar surface area (TPSA) is 44.8 Å². The summed E-state index contributed by atoms with van der Waals surface area (Å²) >= 11 is 0. The molecular weight excluding hydrogens is 324 g/mol. The Bertz CT molecular complexity index is 493. The Hall–Kier alpha value is -0.750. The zero-order chi connectivity index (χ0) is 17.3. The number of unbranched alkanes of at least 4 members (excludes halogenated alkanes) is 3. The van der Waals surface area contributed by atoms with E-state index in [1.54, 1.807) is 7.11 Å². The maximum Gasteiger partial charge on any atom is 0.147 e. The first-order chi connectivity index (χ1) is 11.7. The molecule has 3 atom stereocenters. The van der Waals surface area contributed by atoms with Gasteiger partial charge in [0.25, 0.3) is 0 Å². The highest BCUT2D eigenvalue weighted by molar-refractivity contribution is 7.87. The van der Waals surface area contributed by atoms with E-state index in [-0.39, 0.29) is 17.6 Å². The van der Waals surface area contributed by atoms with E-state index in [0.29, 0.717) is 13.2 Å². The van der Waals surface area contributed by atoms with Gasteiger partial charge >= 0.3 is 0 Å². The van der Waals surface area contributed by atoms with Crippen LogP contribution in [0.5, 0.6) is 0 Å². The molecule has 0 N–H and O–H groups in total. The van der Waals surface area contributed by atoms with Crippen molar-refractivity contribution in [1.29, 1.82) is 0 Å². The van der Waals surface area contributed by atoms with Crippen LogP contribution in [0.3, 0.4) is 0 Å². The summed E-state index contributed by atoms with van der Waals surface area (Å²) in [7, 11) is 0.616. The Morgan fingerprint density at radius 2 is 1.96 bits per heavy atom. The van der Waals surface area contributed by atoms with E-state index in [1.165, 1.54) is 19.3 Å². The summed E-state index contributed by atoms with van der Waals surface area (Å²) in [4.78, 5) is 0.902. The molecule has 0 amide bonds. The minimum Gasteiger partial charge on any atom is -0.382 e. The Kier molecular flexibility index (Phi) is 8.39. The lowest BCUT2D eigenvalue weighted by Gasteiger charge is -2.17. The second-order valence-electron chi connectivity index (χ2n) is 6.34. The van der Waals surface area contributed by atoms with E-state index in [1.807, 2.05) is 30.3 Å². The van der Waals surface area contributed by atoms with E-state index >= 15 is 0 Å². The van der Waals surface area contributed by atoms with Gasteiger partial charge in [-0.2, -0.15) is 0 Å². The number of methoxy groups -OCH3 is 1. The lowest BCUT2D eigenvalue weighted by atomic mass is 10.1. The van der Waals surface area contributed by atoms with Gasteiger partial charge in [-0.15, -0.1) is 0 Å². The van der Waals surface area contributed by atoms with Crippen molar-refractivity contribution in [3.05, 3.63) is 30.3 Å². The van der Waals surface area contributed by atoms with E-state index in [0.717, 1.165) is 24.2 Å². The largest absolute Gasteiger partial charge is 0.382 e. The summed E-state index contributed by atoms with van der Waals surface area (Å²) in [6.45, 7) is 3.54. The van der Waals surface area contributed by atoms with Crippen molar-refractivity contribution in [3.63, 3.8) is 0 Å². The first-order valence-electron chi connectivity index (χ1n) is 8.90. The molecule has 1 aromatic carbocycles. The molecule has 0 radical (unpaired) electrons. The van der Waals surface area contributed by atoms with Crippen LogP contribution in [0.2, 0.25) is 0 Å². The number of rotatable bonds is 13. The van der Waals surface area contributed by atoms with Crippen molar-refractivity contribution in [2.24, 2.45) is 0 Å². The fourth-order valence-electron chi connectivity index (χ4n) is 2.98. The molecule has 1 aromatic rings. The van der Waals surface area contributed by atoms with Crippen molar-refractivity contribution < 1.29 is 18.4 Å². The Balaban J connectivity index is 1.90. The fraction of sp³-hybridized carbons (Fsp3) is 0.684. The quantitative estimate of drug-likeness (QED) is 0.398. The predicted octanol–water partition coefficient (Wildman–Crippen LogP) is 3.91. The molecule has 0 spiro atoms. The van der Waals surface area contributed by atoms with Gasteiger partial charge in [-0.1, -0.05) is 50.8 Å². The summed E-state index contributed by atoms with van der Waals surface area (Å²) in [6, 6.07) is 9.76. The Labute approximate surface area is 148 Å². The molecule has 136 valence electrons. The molecule has 1 aliphatic rings. The first-order valence-corrected chi connectivity index (χ1v) is 10.0. The van der Waals surface area contributed by atoms with E-state index < -0.39 is 10.8 Å². The van der Waals surface area contributed by atoms with Gasteiger partial charge in [0.1, 0.15) is 6.79 Å². The van der Waals surface area contributed by atoms with Crippen LogP contribution in [0.4, 0.5) is 0 Å². The smallest absolute Gasteiger partial charge is 0.147 e. The van der Waals surface area contributed by atoms with Crippen molar-refractivity contribution in [2.45, 2.75) is 61.2 Å². The van der Waals surface area contributed by atoms with Crippen molar-refractivity contribution in [2.75, 3.05) is 27.1 Å². The van der Waals surface area contributed by atoms with Crippen molar-refractivity contribution >= 4 is 10.8 Å². The van der Waals surface area contributed by atoms with Gasteiger partial charge in [0.05, 0.1) is 34.9 Å². The summed E-state index contributed by atoms with van der Waals surface area (Å²) in [5.74, 6) is 0. The van der Waals surface area contributed by atoms with Crippen LogP contribution in [0.15, 0.2) is 35.2 Å². The van der Waals surface area contributed by atoms with Gasteiger partial charge in [0, 0.05) is 12.0 Å². The molecule has 5 heteroatoms. The third-order valence-corrected chi connectivity index (χ3v) is 6.59. The van der Waals surface area contributed by atoms with Crippen LogP contribution in [-0.4, -0.2) is 42.2 Å². The van der Waals surface area contributed by atoms with Gasteiger partial charge in [-0.05, 0) is 25.0 Å². The van der Waals surface area contributed by atoms with Crippen LogP contribution in [0, 0.1) is 0 Å². The zero-order valence-electron chi connectivity index (χ0n) is 14.9. The lowest BCUT2D eigenvalue weighted by molar-refractivity contribution is -0.0748. The summed E-state index contributed by atoms with van der Waals surface area (Å²) in [5.41, 5.74) is 0. The number of benzene rings is 1. The predicted molar refractivity (Wildman–Crippen MR) is 96.5 cm³/mol. The van der Waals surface area contributed by atoms with Crippen molar-refractivity contribution in [1.82, 2.24) is 0 Å². The highest BCUT2D eigenvalue weighted by Gasteiger charge is 2.59. The minimum absolute atomic E-state index is 0.0303. The number of hydrogen-bond acceptors (Lipinski definition) is 4. The van der Waals surface area contributed by atoms with Gasteiger partial charge in [0.15, 0.2) is 0 Å². The lowest BCUT2D eigenvalue weighted by Crippen LogP contribution is -2.24. The second-order valence-corrected chi connectivity index (χ2v) is 8.16. The summed E-state index contributed by atoms with van der Waals surface area (Å²) < 4.78 is 29.1. The van der Waals surface area contributed by atoms with Gasteiger partial charge in [-0.25, -0.2) is 0 Å². The molecule has 2 rings (SSSR count).